The van der Waals surface area contributed by atoms with Gasteiger partial charge in [-0.1, -0.05) is 6.07 Å². The van der Waals surface area contributed by atoms with Gasteiger partial charge in [0, 0.05) is 43.8 Å². The summed E-state index contributed by atoms with van der Waals surface area (Å²) >= 11 is 0. The standard InChI is InChI=1S/C19H24N4O2/c1-14-10-16(20-2)11-17(22-14)18-13-23(8-9-25-18)19(24)6-5-15-4-3-7-21-12-15/h3-4,7,10-12,18H,5-6,8-9,13H2,1-2H3,(H,20,22). The number of hydrogen-bond donors (Lipinski definition) is 1. The van der Waals surface area contributed by atoms with Crippen LogP contribution in [0, 0.1) is 6.92 Å². The average Bonchev–Trinajstić information content (AvgIpc) is 2.66. The number of nitrogens with zero attached hydrogens (tertiary/aromatic N) is 3. The summed E-state index contributed by atoms with van der Waals surface area (Å²) < 4.78 is 5.87. The van der Waals surface area contributed by atoms with Crippen molar-refractivity contribution >= 4 is 11.6 Å². The highest BCUT2D eigenvalue weighted by Gasteiger charge is 2.26. The molecule has 3 rings (SSSR count). The summed E-state index contributed by atoms with van der Waals surface area (Å²) in [6.07, 6.45) is 4.57. The minimum atomic E-state index is -0.178. The highest BCUT2D eigenvalue weighted by atomic mass is 16.5. The molecule has 0 aliphatic carbocycles. The third-order valence-corrected chi connectivity index (χ3v) is 4.36. The van der Waals surface area contributed by atoms with Crippen LogP contribution in [0.3, 0.4) is 0 Å². The lowest BCUT2D eigenvalue weighted by Gasteiger charge is -2.33. The first-order chi connectivity index (χ1) is 12.2. The van der Waals surface area contributed by atoms with E-state index in [1.165, 1.54) is 0 Å². The van der Waals surface area contributed by atoms with Crippen LogP contribution in [0.4, 0.5) is 5.69 Å². The molecule has 1 aliphatic heterocycles. The second-order valence-electron chi connectivity index (χ2n) is 6.23. The van der Waals surface area contributed by atoms with E-state index in [1.807, 2.05) is 49.3 Å². The summed E-state index contributed by atoms with van der Waals surface area (Å²) in [4.78, 5) is 23.1. The highest BCUT2D eigenvalue weighted by molar-refractivity contribution is 5.76. The second-order valence-corrected chi connectivity index (χ2v) is 6.23. The quantitative estimate of drug-likeness (QED) is 0.905. The van der Waals surface area contributed by atoms with E-state index in [2.05, 4.69) is 15.3 Å². The monoisotopic (exact) mass is 340 g/mol. The molecule has 0 radical (unpaired) electrons. The van der Waals surface area contributed by atoms with Crippen LogP contribution in [0.1, 0.15) is 29.5 Å². The number of carbonyl (C=O) groups is 1. The molecule has 1 unspecified atom stereocenters. The largest absolute Gasteiger partial charge is 0.388 e. The molecular weight excluding hydrogens is 316 g/mol. The molecular formula is C19H24N4O2. The van der Waals surface area contributed by atoms with Gasteiger partial charge in [-0.2, -0.15) is 0 Å². The third kappa shape index (κ3) is 4.54. The molecule has 0 spiro atoms. The van der Waals surface area contributed by atoms with E-state index in [-0.39, 0.29) is 12.0 Å². The number of morpholine rings is 1. The SMILES string of the molecule is CNc1cc(C)nc(C2CN(C(=O)CCc3cccnc3)CCO2)c1. The first-order valence-corrected chi connectivity index (χ1v) is 8.60. The lowest BCUT2D eigenvalue weighted by atomic mass is 10.1. The fourth-order valence-electron chi connectivity index (χ4n) is 3.01. The van der Waals surface area contributed by atoms with Gasteiger partial charge in [0.25, 0.3) is 0 Å². The molecule has 0 saturated carbocycles. The highest BCUT2D eigenvalue weighted by Crippen LogP contribution is 2.24. The molecule has 1 amide bonds. The molecule has 3 heterocycles. The van der Waals surface area contributed by atoms with Crippen LogP contribution in [0.15, 0.2) is 36.7 Å². The smallest absolute Gasteiger partial charge is 0.223 e. The number of carbonyl (C=O) groups excluding carboxylic acids is 1. The first-order valence-electron chi connectivity index (χ1n) is 8.60. The molecule has 1 N–H and O–H groups in total. The summed E-state index contributed by atoms with van der Waals surface area (Å²) in [6, 6.07) is 7.87. The van der Waals surface area contributed by atoms with Gasteiger partial charge < -0.3 is 15.0 Å². The van der Waals surface area contributed by atoms with Crippen molar-refractivity contribution in [3.63, 3.8) is 0 Å². The topological polar surface area (TPSA) is 67.4 Å². The van der Waals surface area contributed by atoms with E-state index >= 15 is 0 Å². The molecule has 6 heteroatoms. The van der Waals surface area contributed by atoms with Gasteiger partial charge in [0.1, 0.15) is 6.10 Å². The minimum absolute atomic E-state index is 0.152. The zero-order chi connectivity index (χ0) is 17.6. The minimum Gasteiger partial charge on any atom is -0.388 e. The lowest BCUT2D eigenvalue weighted by Crippen LogP contribution is -2.42. The number of anilines is 1. The summed E-state index contributed by atoms with van der Waals surface area (Å²) in [6.45, 7) is 3.68. The zero-order valence-corrected chi connectivity index (χ0v) is 14.7. The summed E-state index contributed by atoms with van der Waals surface area (Å²) in [5.74, 6) is 0.152. The normalized spacial score (nSPS) is 17.4. The van der Waals surface area contributed by atoms with E-state index in [0.717, 1.165) is 22.6 Å². The summed E-state index contributed by atoms with van der Waals surface area (Å²) in [5, 5.41) is 3.14. The molecule has 1 fully saturated rings. The third-order valence-electron chi connectivity index (χ3n) is 4.36. The van der Waals surface area contributed by atoms with Crippen LogP contribution in [-0.2, 0) is 16.0 Å². The van der Waals surface area contributed by atoms with Gasteiger partial charge in [-0.25, -0.2) is 0 Å². The lowest BCUT2D eigenvalue weighted by molar-refractivity contribution is -0.139. The van der Waals surface area contributed by atoms with Gasteiger partial charge >= 0.3 is 0 Å². The molecule has 2 aromatic heterocycles. The maximum atomic E-state index is 12.6. The maximum Gasteiger partial charge on any atom is 0.223 e. The Labute approximate surface area is 148 Å². The van der Waals surface area contributed by atoms with E-state index < -0.39 is 0 Å². The Kier molecular flexibility index (Phi) is 5.60. The van der Waals surface area contributed by atoms with Crippen molar-refractivity contribution in [3.8, 4) is 0 Å². The van der Waals surface area contributed by atoms with Crippen LogP contribution in [-0.4, -0.2) is 47.5 Å². The van der Waals surface area contributed by atoms with E-state index in [1.54, 1.807) is 6.20 Å². The van der Waals surface area contributed by atoms with Crippen molar-refractivity contribution in [2.75, 3.05) is 32.1 Å². The van der Waals surface area contributed by atoms with E-state index in [4.69, 9.17) is 4.74 Å². The molecule has 0 aromatic carbocycles. The first kappa shape index (κ1) is 17.4. The number of amides is 1. The Bertz CT molecular complexity index is 721. The van der Waals surface area contributed by atoms with Crippen molar-refractivity contribution in [2.24, 2.45) is 0 Å². The van der Waals surface area contributed by atoms with Gasteiger partial charge in [0.2, 0.25) is 5.91 Å². The van der Waals surface area contributed by atoms with Crippen molar-refractivity contribution in [3.05, 3.63) is 53.6 Å². The Morgan fingerprint density at radius 2 is 2.32 bits per heavy atom. The van der Waals surface area contributed by atoms with Crippen LogP contribution >= 0.6 is 0 Å². The predicted molar refractivity (Wildman–Crippen MR) is 96.4 cm³/mol. The fourth-order valence-corrected chi connectivity index (χ4v) is 3.01. The van der Waals surface area contributed by atoms with Crippen LogP contribution in [0.25, 0.3) is 0 Å². The molecule has 1 atom stereocenters. The average molecular weight is 340 g/mol. The number of rotatable bonds is 5. The van der Waals surface area contributed by atoms with Crippen molar-refractivity contribution in [1.29, 1.82) is 0 Å². The van der Waals surface area contributed by atoms with Gasteiger partial charge in [0.05, 0.1) is 18.8 Å². The molecule has 1 saturated heterocycles. The van der Waals surface area contributed by atoms with Gasteiger partial charge in [0.15, 0.2) is 0 Å². The summed E-state index contributed by atoms with van der Waals surface area (Å²) in [5.41, 5.74) is 3.89. The Morgan fingerprint density at radius 1 is 1.44 bits per heavy atom. The van der Waals surface area contributed by atoms with Crippen LogP contribution in [0.5, 0.6) is 0 Å². The Hall–Kier alpha value is -2.47. The predicted octanol–water partition coefficient (Wildman–Crippen LogP) is 2.36. The molecule has 6 nitrogen and oxygen atoms in total. The van der Waals surface area contributed by atoms with Gasteiger partial charge in [-0.3, -0.25) is 14.8 Å². The second kappa shape index (κ2) is 8.07. The number of nitrogens with one attached hydrogen (secondary N) is 1. The van der Waals surface area contributed by atoms with E-state index in [9.17, 15) is 4.79 Å². The maximum absolute atomic E-state index is 12.6. The van der Waals surface area contributed by atoms with Gasteiger partial charge in [-0.05, 0) is 37.1 Å². The van der Waals surface area contributed by atoms with E-state index in [0.29, 0.717) is 32.5 Å². The number of pyridine rings is 2. The Morgan fingerprint density at radius 3 is 3.08 bits per heavy atom. The number of ether oxygens (including phenoxy) is 1. The summed E-state index contributed by atoms with van der Waals surface area (Å²) in [7, 11) is 1.88. The van der Waals surface area contributed by atoms with Crippen molar-refractivity contribution in [2.45, 2.75) is 25.9 Å². The molecule has 25 heavy (non-hydrogen) atoms. The number of hydrogen-bond acceptors (Lipinski definition) is 5. The fraction of sp³-hybridized carbons (Fsp3) is 0.421. The zero-order valence-electron chi connectivity index (χ0n) is 14.7. The van der Waals surface area contributed by atoms with Crippen molar-refractivity contribution < 1.29 is 9.53 Å². The molecule has 2 aromatic rings. The molecule has 132 valence electrons. The van der Waals surface area contributed by atoms with Crippen molar-refractivity contribution in [1.82, 2.24) is 14.9 Å². The van der Waals surface area contributed by atoms with Crippen LogP contribution < -0.4 is 5.32 Å². The molecule has 0 bridgehead atoms. The number of aryl methyl sites for hydroxylation is 2. The van der Waals surface area contributed by atoms with Crippen LogP contribution in [0.2, 0.25) is 0 Å². The molecule has 1 aliphatic rings. The van der Waals surface area contributed by atoms with Gasteiger partial charge in [-0.15, -0.1) is 0 Å². The number of aromatic nitrogens is 2. The Balaban J connectivity index is 1.62.